The predicted molar refractivity (Wildman–Crippen MR) is 80.3 cm³/mol. The van der Waals surface area contributed by atoms with Crippen molar-refractivity contribution in [3.63, 3.8) is 0 Å². The SMILES string of the molecule is O=[N+]([O-])c1cc(NS(=O)(=O)c2c(Cl)cccc2Cl)ccc1F. The Morgan fingerprint density at radius 3 is 2.27 bits per heavy atom. The molecule has 116 valence electrons. The minimum absolute atomic E-state index is 0.114. The largest absolute Gasteiger partial charge is 0.306 e. The molecular formula is C12H7Cl2FN2O4S. The van der Waals surface area contributed by atoms with Crippen LogP contribution in [0.3, 0.4) is 0 Å². The molecule has 6 nitrogen and oxygen atoms in total. The molecule has 0 radical (unpaired) electrons. The highest BCUT2D eigenvalue weighted by molar-refractivity contribution is 7.93. The van der Waals surface area contributed by atoms with Crippen molar-refractivity contribution in [1.29, 1.82) is 0 Å². The van der Waals surface area contributed by atoms with E-state index in [9.17, 15) is 22.9 Å². The quantitative estimate of drug-likeness (QED) is 0.659. The molecule has 2 aromatic carbocycles. The zero-order valence-corrected chi connectivity index (χ0v) is 12.9. The van der Waals surface area contributed by atoms with Gasteiger partial charge in [-0.3, -0.25) is 14.8 Å². The number of anilines is 1. The number of nitrogens with zero attached hydrogens (tertiary/aromatic N) is 1. The molecule has 0 aliphatic heterocycles. The topological polar surface area (TPSA) is 89.3 Å². The van der Waals surface area contributed by atoms with Crippen molar-refractivity contribution in [2.24, 2.45) is 0 Å². The van der Waals surface area contributed by atoms with Crippen LogP contribution in [0.15, 0.2) is 41.3 Å². The van der Waals surface area contributed by atoms with E-state index >= 15 is 0 Å². The standard InChI is InChI=1S/C12H7Cl2FN2O4S/c13-8-2-1-3-9(14)12(8)22(20,21)16-7-4-5-10(15)11(6-7)17(18)19/h1-6,16H. The summed E-state index contributed by atoms with van der Waals surface area (Å²) < 4.78 is 39.8. The zero-order chi connectivity index (χ0) is 16.5. The van der Waals surface area contributed by atoms with Crippen LogP contribution in [-0.4, -0.2) is 13.3 Å². The summed E-state index contributed by atoms with van der Waals surface area (Å²) in [5, 5.41) is 10.4. The van der Waals surface area contributed by atoms with Crippen LogP contribution in [0.1, 0.15) is 0 Å². The fourth-order valence-corrected chi connectivity index (χ4v) is 3.86. The van der Waals surface area contributed by atoms with Gasteiger partial charge < -0.3 is 0 Å². The van der Waals surface area contributed by atoms with E-state index < -0.39 is 26.5 Å². The molecule has 0 aliphatic rings. The summed E-state index contributed by atoms with van der Waals surface area (Å²) in [5.74, 6) is -1.08. The van der Waals surface area contributed by atoms with Crippen molar-refractivity contribution in [3.05, 3.63) is 62.4 Å². The van der Waals surface area contributed by atoms with Crippen molar-refractivity contribution in [3.8, 4) is 0 Å². The Bertz CT molecular complexity index is 838. The van der Waals surface area contributed by atoms with Crippen LogP contribution in [0.25, 0.3) is 0 Å². The highest BCUT2D eigenvalue weighted by atomic mass is 35.5. The minimum Gasteiger partial charge on any atom is -0.279 e. The Balaban J connectivity index is 2.46. The van der Waals surface area contributed by atoms with E-state index in [4.69, 9.17) is 23.2 Å². The average molecular weight is 365 g/mol. The third kappa shape index (κ3) is 3.29. The summed E-state index contributed by atoms with van der Waals surface area (Å²) in [4.78, 5) is 9.33. The maximum atomic E-state index is 13.2. The fraction of sp³-hybridized carbons (Fsp3) is 0. The molecular weight excluding hydrogens is 358 g/mol. The first-order valence-corrected chi connectivity index (χ1v) is 7.87. The lowest BCUT2D eigenvalue weighted by molar-refractivity contribution is -0.387. The van der Waals surface area contributed by atoms with Crippen molar-refractivity contribution < 1.29 is 17.7 Å². The van der Waals surface area contributed by atoms with E-state index in [1.54, 1.807) is 0 Å². The summed E-state index contributed by atoms with van der Waals surface area (Å²) in [6, 6.07) is 6.71. The number of halogens is 3. The molecule has 0 aromatic heterocycles. The van der Waals surface area contributed by atoms with Crippen LogP contribution in [0.4, 0.5) is 15.8 Å². The number of hydrogen-bond donors (Lipinski definition) is 1. The summed E-state index contributed by atoms with van der Waals surface area (Å²) in [6.07, 6.45) is 0. The van der Waals surface area contributed by atoms with E-state index in [0.29, 0.717) is 0 Å². The lowest BCUT2D eigenvalue weighted by atomic mass is 10.3. The zero-order valence-electron chi connectivity index (χ0n) is 10.6. The second kappa shape index (κ2) is 6.07. The van der Waals surface area contributed by atoms with Gasteiger partial charge >= 0.3 is 5.69 Å². The lowest BCUT2D eigenvalue weighted by Crippen LogP contribution is -2.14. The first kappa shape index (κ1) is 16.5. The van der Waals surface area contributed by atoms with Gasteiger partial charge in [-0.05, 0) is 24.3 Å². The highest BCUT2D eigenvalue weighted by Gasteiger charge is 2.23. The van der Waals surface area contributed by atoms with Crippen LogP contribution in [0.2, 0.25) is 10.0 Å². The first-order valence-electron chi connectivity index (χ1n) is 5.63. The van der Waals surface area contributed by atoms with Crippen LogP contribution in [-0.2, 0) is 10.0 Å². The number of nitro benzene ring substituents is 1. The molecule has 0 unspecified atom stereocenters. The molecule has 0 spiro atoms. The Hall–Kier alpha value is -1.90. The molecule has 0 bridgehead atoms. The van der Waals surface area contributed by atoms with E-state index in [0.717, 1.165) is 18.2 Å². The summed E-state index contributed by atoms with van der Waals surface area (Å²) >= 11 is 11.6. The maximum Gasteiger partial charge on any atom is 0.306 e. The van der Waals surface area contributed by atoms with E-state index in [-0.39, 0.29) is 20.6 Å². The second-order valence-corrected chi connectivity index (χ2v) is 6.51. The van der Waals surface area contributed by atoms with Crippen molar-refractivity contribution in [1.82, 2.24) is 0 Å². The van der Waals surface area contributed by atoms with Gasteiger partial charge in [0.05, 0.1) is 20.7 Å². The van der Waals surface area contributed by atoms with Crippen LogP contribution in [0, 0.1) is 15.9 Å². The fourth-order valence-electron chi connectivity index (χ4n) is 1.66. The normalized spacial score (nSPS) is 11.2. The minimum atomic E-state index is -4.19. The second-order valence-electron chi connectivity index (χ2n) is 4.08. The third-order valence-corrected chi connectivity index (χ3v) is 4.92. The number of benzene rings is 2. The summed E-state index contributed by atoms with van der Waals surface area (Å²) in [5.41, 5.74) is -1.05. The van der Waals surface area contributed by atoms with E-state index in [1.807, 2.05) is 0 Å². The van der Waals surface area contributed by atoms with E-state index in [1.165, 1.54) is 18.2 Å². The van der Waals surface area contributed by atoms with E-state index in [2.05, 4.69) is 4.72 Å². The van der Waals surface area contributed by atoms with Gasteiger partial charge in [0.15, 0.2) is 0 Å². The summed E-state index contributed by atoms with van der Waals surface area (Å²) in [6.45, 7) is 0. The third-order valence-electron chi connectivity index (χ3n) is 2.58. The molecule has 2 rings (SSSR count). The molecule has 0 heterocycles. The molecule has 0 aliphatic carbocycles. The number of sulfonamides is 1. The Kier molecular flexibility index (Phi) is 4.55. The molecule has 22 heavy (non-hydrogen) atoms. The summed E-state index contributed by atoms with van der Waals surface area (Å²) in [7, 11) is -4.19. The lowest BCUT2D eigenvalue weighted by Gasteiger charge is -2.10. The number of rotatable bonds is 4. The number of hydrogen-bond acceptors (Lipinski definition) is 4. The van der Waals surface area contributed by atoms with Crippen LogP contribution < -0.4 is 4.72 Å². The van der Waals surface area contributed by atoms with Gasteiger partial charge in [-0.1, -0.05) is 29.3 Å². The number of nitro groups is 1. The van der Waals surface area contributed by atoms with Crippen LogP contribution in [0.5, 0.6) is 0 Å². The smallest absolute Gasteiger partial charge is 0.279 e. The molecule has 0 fully saturated rings. The van der Waals surface area contributed by atoms with Crippen molar-refractivity contribution in [2.45, 2.75) is 4.90 Å². The Morgan fingerprint density at radius 2 is 1.73 bits per heavy atom. The average Bonchev–Trinajstić information content (AvgIpc) is 2.39. The molecule has 0 atom stereocenters. The predicted octanol–water partition coefficient (Wildman–Crippen LogP) is 3.84. The maximum absolute atomic E-state index is 13.2. The van der Waals surface area contributed by atoms with Crippen LogP contribution >= 0.6 is 23.2 Å². The van der Waals surface area contributed by atoms with Crippen molar-refractivity contribution in [2.75, 3.05) is 4.72 Å². The van der Waals surface area contributed by atoms with Gasteiger partial charge in [0.25, 0.3) is 10.0 Å². The van der Waals surface area contributed by atoms with Gasteiger partial charge in [-0.15, -0.1) is 0 Å². The Morgan fingerprint density at radius 1 is 1.14 bits per heavy atom. The molecule has 2 aromatic rings. The Labute approximate surface area is 134 Å². The monoisotopic (exact) mass is 364 g/mol. The molecule has 10 heteroatoms. The van der Waals surface area contributed by atoms with Gasteiger partial charge in [0, 0.05) is 6.07 Å². The molecule has 1 N–H and O–H groups in total. The van der Waals surface area contributed by atoms with Gasteiger partial charge in [0.1, 0.15) is 4.90 Å². The molecule has 0 amide bonds. The van der Waals surface area contributed by atoms with Crippen molar-refractivity contribution >= 4 is 44.6 Å². The first-order chi connectivity index (χ1) is 10.2. The highest BCUT2D eigenvalue weighted by Crippen LogP contribution is 2.31. The van der Waals surface area contributed by atoms with Gasteiger partial charge in [-0.25, -0.2) is 8.42 Å². The van der Waals surface area contributed by atoms with Gasteiger partial charge in [0.2, 0.25) is 5.82 Å². The molecule has 0 saturated carbocycles. The number of nitrogens with one attached hydrogen (secondary N) is 1. The van der Waals surface area contributed by atoms with Gasteiger partial charge in [-0.2, -0.15) is 4.39 Å². The molecule has 0 saturated heterocycles.